The van der Waals surface area contributed by atoms with Gasteiger partial charge in [0.2, 0.25) is 0 Å². The molecule has 1 aromatic heterocycles. The number of alkyl halides is 2. The zero-order valence-electron chi connectivity index (χ0n) is 9.18. The summed E-state index contributed by atoms with van der Waals surface area (Å²) in [6.45, 7) is 0. The van der Waals surface area contributed by atoms with E-state index in [0.29, 0.717) is 0 Å². The van der Waals surface area contributed by atoms with Crippen molar-refractivity contribution in [3.05, 3.63) is 65.5 Å². The summed E-state index contributed by atoms with van der Waals surface area (Å²) in [5, 5.41) is 8.79. The van der Waals surface area contributed by atoms with Crippen LogP contribution >= 0.6 is 0 Å². The number of carbonyl (C=O) groups is 1. The van der Waals surface area contributed by atoms with E-state index in [1.165, 1.54) is 42.6 Å². The van der Waals surface area contributed by atoms with Crippen LogP contribution in [0.25, 0.3) is 0 Å². The Morgan fingerprint density at radius 1 is 1.17 bits per heavy atom. The van der Waals surface area contributed by atoms with Crippen molar-refractivity contribution in [2.75, 3.05) is 0 Å². The van der Waals surface area contributed by atoms with E-state index in [0.717, 1.165) is 6.07 Å². The molecule has 0 saturated heterocycles. The number of hydrogen-bond donors (Lipinski definition) is 1. The van der Waals surface area contributed by atoms with E-state index in [2.05, 4.69) is 4.98 Å². The van der Waals surface area contributed by atoms with E-state index in [-0.39, 0.29) is 11.1 Å². The van der Waals surface area contributed by atoms with Crippen molar-refractivity contribution in [1.29, 1.82) is 0 Å². The fourth-order valence-corrected chi connectivity index (χ4v) is 1.54. The predicted octanol–water partition coefficient (Wildman–Crippen LogP) is 2.92. The Labute approximate surface area is 102 Å². The molecule has 0 atom stereocenters. The van der Waals surface area contributed by atoms with Crippen LogP contribution in [-0.2, 0) is 5.92 Å². The molecular formula is C13H9F2NO2. The number of pyridine rings is 1. The summed E-state index contributed by atoms with van der Waals surface area (Å²) in [5.41, 5.74) is -0.975. The summed E-state index contributed by atoms with van der Waals surface area (Å²) < 4.78 is 28.2. The molecule has 0 bridgehead atoms. The van der Waals surface area contributed by atoms with E-state index in [1.807, 2.05) is 0 Å². The molecule has 2 aromatic rings. The third-order valence-electron chi connectivity index (χ3n) is 2.46. The molecule has 18 heavy (non-hydrogen) atoms. The zero-order valence-corrected chi connectivity index (χ0v) is 9.18. The smallest absolute Gasteiger partial charge is 0.335 e. The molecule has 0 aliphatic heterocycles. The number of hydrogen-bond acceptors (Lipinski definition) is 2. The highest BCUT2D eigenvalue weighted by Crippen LogP contribution is 2.34. The van der Waals surface area contributed by atoms with Gasteiger partial charge in [0.25, 0.3) is 0 Å². The van der Waals surface area contributed by atoms with Crippen molar-refractivity contribution in [3.8, 4) is 0 Å². The third kappa shape index (κ3) is 2.20. The average Bonchev–Trinajstić information content (AvgIpc) is 2.40. The first kappa shape index (κ1) is 12.2. The summed E-state index contributed by atoms with van der Waals surface area (Å²) in [6.07, 6.45) is 1.27. The Morgan fingerprint density at radius 2 is 1.94 bits per heavy atom. The third-order valence-corrected chi connectivity index (χ3v) is 2.46. The lowest BCUT2D eigenvalue weighted by atomic mass is 10.0. The van der Waals surface area contributed by atoms with E-state index in [9.17, 15) is 13.6 Å². The van der Waals surface area contributed by atoms with Crippen LogP contribution in [0.2, 0.25) is 0 Å². The van der Waals surface area contributed by atoms with Crippen molar-refractivity contribution in [2.24, 2.45) is 0 Å². The first-order valence-electron chi connectivity index (χ1n) is 5.15. The molecule has 0 aliphatic carbocycles. The minimum absolute atomic E-state index is 0.178. The minimum atomic E-state index is -3.31. The Hall–Kier alpha value is -2.30. The highest BCUT2D eigenvalue weighted by atomic mass is 19.3. The molecule has 0 aliphatic rings. The molecule has 1 N–H and O–H groups in total. The van der Waals surface area contributed by atoms with Gasteiger partial charge < -0.3 is 5.11 Å². The molecule has 0 unspecified atom stereocenters. The molecule has 1 heterocycles. The number of aromatic carboxylic acids is 1. The maximum atomic E-state index is 14.1. The molecule has 0 fully saturated rings. The average molecular weight is 249 g/mol. The monoisotopic (exact) mass is 249 g/mol. The summed E-state index contributed by atoms with van der Waals surface area (Å²) in [5.74, 6) is -4.55. The van der Waals surface area contributed by atoms with Gasteiger partial charge in [0.05, 0.1) is 5.56 Å². The highest BCUT2D eigenvalue weighted by Gasteiger charge is 2.35. The second kappa shape index (κ2) is 4.52. The number of carboxylic acids is 1. The normalized spacial score (nSPS) is 11.2. The number of halogens is 2. The van der Waals surface area contributed by atoms with Gasteiger partial charge in [0.15, 0.2) is 0 Å². The van der Waals surface area contributed by atoms with E-state index in [1.54, 1.807) is 0 Å². The lowest BCUT2D eigenvalue weighted by Crippen LogP contribution is -2.17. The SMILES string of the molecule is O=C(O)c1cccc(C(F)(F)c2ccccn2)c1. The topological polar surface area (TPSA) is 50.2 Å². The summed E-state index contributed by atoms with van der Waals surface area (Å²) in [4.78, 5) is 14.4. The molecule has 92 valence electrons. The molecule has 0 spiro atoms. The van der Waals surface area contributed by atoms with Crippen LogP contribution in [0.3, 0.4) is 0 Å². The molecule has 0 amide bonds. The van der Waals surface area contributed by atoms with Crippen molar-refractivity contribution >= 4 is 5.97 Å². The van der Waals surface area contributed by atoms with Crippen LogP contribution in [0.5, 0.6) is 0 Å². The number of aromatic nitrogens is 1. The largest absolute Gasteiger partial charge is 0.478 e. The molecule has 1 aromatic carbocycles. The first-order chi connectivity index (χ1) is 8.51. The maximum absolute atomic E-state index is 14.1. The molecule has 2 rings (SSSR count). The number of nitrogens with zero attached hydrogens (tertiary/aromatic N) is 1. The first-order valence-corrected chi connectivity index (χ1v) is 5.15. The van der Waals surface area contributed by atoms with Gasteiger partial charge in [-0.05, 0) is 24.3 Å². The van der Waals surface area contributed by atoms with Crippen LogP contribution in [0, 0.1) is 0 Å². The van der Waals surface area contributed by atoms with Crippen molar-refractivity contribution in [1.82, 2.24) is 4.98 Å². The van der Waals surface area contributed by atoms with Crippen LogP contribution < -0.4 is 0 Å². The lowest BCUT2D eigenvalue weighted by Gasteiger charge is -2.16. The Bertz CT molecular complexity index is 570. The van der Waals surface area contributed by atoms with Crippen LogP contribution in [-0.4, -0.2) is 16.1 Å². The van der Waals surface area contributed by atoms with Gasteiger partial charge in [0, 0.05) is 11.8 Å². The van der Waals surface area contributed by atoms with Crippen molar-refractivity contribution < 1.29 is 18.7 Å². The summed E-state index contributed by atoms with van der Waals surface area (Å²) in [7, 11) is 0. The Kier molecular flexibility index (Phi) is 3.06. The van der Waals surface area contributed by atoms with E-state index >= 15 is 0 Å². The number of rotatable bonds is 3. The Balaban J connectivity index is 2.47. The van der Waals surface area contributed by atoms with Crippen molar-refractivity contribution in [2.45, 2.75) is 5.92 Å². The van der Waals surface area contributed by atoms with Gasteiger partial charge in [0.1, 0.15) is 5.69 Å². The quantitative estimate of drug-likeness (QED) is 0.909. The molecule has 0 saturated carbocycles. The predicted molar refractivity (Wildman–Crippen MR) is 60.6 cm³/mol. The second-order valence-corrected chi connectivity index (χ2v) is 3.68. The van der Waals surface area contributed by atoms with E-state index in [4.69, 9.17) is 5.11 Å². The van der Waals surface area contributed by atoms with Gasteiger partial charge in [-0.25, -0.2) is 4.79 Å². The van der Waals surface area contributed by atoms with Crippen molar-refractivity contribution in [3.63, 3.8) is 0 Å². The second-order valence-electron chi connectivity index (χ2n) is 3.68. The zero-order chi connectivity index (χ0) is 13.2. The molecule has 5 heteroatoms. The number of benzene rings is 1. The lowest BCUT2D eigenvalue weighted by molar-refractivity contribution is 0.0379. The van der Waals surface area contributed by atoms with Gasteiger partial charge in [-0.15, -0.1) is 0 Å². The molecule has 0 radical (unpaired) electrons. The summed E-state index contributed by atoms with van der Waals surface area (Å²) >= 11 is 0. The van der Waals surface area contributed by atoms with Gasteiger partial charge in [-0.2, -0.15) is 8.78 Å². The standard InChI is InChI=1S/C13H9F2NO2/c14-13(15,11-6-1-2-7-16-11)10-5-3-4-9(8-10)12(17)18/h1-8H,(H,17,18). The fourth-order valence-electron chi connectivity index (χ4n) is 1.54. The van der Waals surface area contributed by atoms with Crippen LogP contribution in [0.1, 0.15) is 21.6 Å². The van der Waals surface area contributed by atoms with Gasteiger partial charge in [-0.3, -0.25) is 4.98 Å². The maximum Gasteiger partial charge on any atom is 0.335 e. The Morgan fingerprint density at radius 3 is 2.56 bits per heavy atom. The van der Waals surface area contributed by atoms with Gasteiger partial charge in [-0.1, -0.05) is 18.2 Å². The fraction of sp³-hybridized carbons (Fsp3) is 0.0769. The molecule has 3 nitrogen and oxygen atoms in total. The number of carboxylic acid groups (broad SMARTS) is 1. The summed E-state index contributed by atoms with van der Waals surface area (Å²) in [6, 6.07) is 8.88. The van der Waals surface area contributed by atoms with Crippen LogP contribution in [0.15, 0.2) is 48.7 Å². The highest BCUT2D eigenvalue weighted by molar-refractivity contribution is 5.87. The van der Waals surface area contributed by atoms with Gasteiger partial charge >= 0.3 is 11.9 Å². The minimum Gasteiger partial charge on any atom is -0.478 e. The van der Waals surface area contributed by atoms with E-state index < -0.39 is 17.6 Å². The van der Waals surface area contributed by atoms with Crippen LogP contribution in [0.4, 0.5) is 8.78 Å². The molecular weight excluding hydrogens is 240 g/mol.